The normalized spacial score (nSPS) is 20.8. The Kier molecular flexibility index (Phi) is 10.9. The third-order valence-electron chi connectivity index (χ3n) is 4.95. The molecule has 1 aliphatic heterocycles. The molecule has 0 radical (unpaired) electrons. The summed E-state index contributed by atoms with van der Waals surface area (Å²) >= 11 is 0. The van der Waals surface area contributed by atoms with E-state index in [0.29, 0.717) is 12.5 Å². The van der Waals surface area contributed by atoms with Crippen LogP contribution in [-0.2, 0) is 20.8 Å². The maximum absolute atomic E-state index is 5.98. The lowest BCUT2D eigenvalue weighted by atomic mass is 10.0. The van der Waals surface area contributed by atoms with Crippen LogP contribution >= 0.6 is 0 Å². The molecule has 0 saturated carbocycles. The Bertz CT molecular complexity index is 687. The van der Waals surface area contributed by atoms with Crippen molar-refractivity contribution in [1.82, 2.24) is 0 Å². The van der Waals surface area contributed by atoms with Gasteiger partial charge in [0.15, 0.2) is 6.29 Å². The highest BCUT2D eigenvalue weighted by Crippen LogP contribution is 2.18. The second kappa shape index (κ2) is 13.4. The first-order valence-electron chi connectivity index (χ1n) is 11.1. The maximum Gasteiger partial charge on any atom is 0.177 e. The van der Waals surface area contributed by atoms with Crippen molar-refractivity contribution < 1.29 is 18.9 Å². The molecular weight excluding hydrogens is 376 g/mol. The van der Waals surface area contributed by atoms with Gasteiger partial charge >= 0.3 is 0 Å². The van der Waals surface area contributed by atoms with Gasteiger partial charge in [0.1, 0.15) is 5.75 Å². The highest BCUT2D eigenvalue weighted by Gasteiger charge is 2.17. The van der Waals surface area contributed by atoms with Crippen LogP contribution in [0.25, 0.3) is 0 Å². The first-order valence-corrected chi connectivity index (χ1v) is 11.1. The zero-order valence-corrected chi connectivity index (χ0v) is 19.2. The van der Waals surface area contributed by atoms with Crippen LogP contribution in [0, 0.1) is 5.92 Å². The van der Waals surface area contributed by atoms with E-state index in [1.165, 1.54) is 5.57 Å². The largest absolute Gasteiger partial charge is 0.497 e. The summed E-state index contributed by atoms with van der Waals surface area (Å²) in [6.45, 7) is 9.86. The standard InChI is InChI=1S/C26H38O4/c1-6-22(10-15-25-8-7-9-26(30-25)29-20(2)3)18-21(4)16-17-28-19-23-11-13-24(27-5)14-12-23/h7,9-15,18,20-21,25-26H,6,8,16-17,19H2,1-5H3/b15-10+,22-18-/t21-,25+,26?/m0/s1. The van der Waals surface area contributed by atoms with Crippen molar-refractivity contribution in [1.29, 1.82) is 0 Å². The molecule has 2 rings (SSSR count). The fourth-order valence-corrected chi connectivity index (χ4v) is 3.22. The van der Waals surface area contributed by atoms with Crippen LogP contribution in [0.1, 0.15) is 52.5 Å². The summed E-state index contributed by atoms with van der Waals surface area (Å²) in [5.41, 5.74) is 2.49. The minimum absolute atomic E-state index is 0.0665. The molecule has 1 unspecified atom stereocenters. The summed E-state index contributed by atoms with van der Waals surface area (Å²) in [5.74, 6) is 1.33. The number of rotatable bonds is 12. The van der Waals surface area contributed by atoms with Crippen molar-refractivity contribution in [2.45, 2.75) is 72.1 Å². The lowest BCUT2D eigenvalue weighted by molar-refractivity contribution is -0.154. The molecule has 1 aromatic rings. The predicted octanol–water partition coefficient (Wildman–Crippen LogP) is 6.23. The summed E-state index contributed by atoms with van der Waals surface area (Å²) < 4.78 is 22.8. The molecule has 1 heterocycles. The Morgan fingerprint density at radius 3 is 2.63 bits per heavy atom. The Morgan fingerprint density at radius 1 is 1.20 bits per heavy atom. The van der Waals surface area contributed by atoms with Crippen LogP contribution in [0.3, 0.4) is 0 Å². The topological polar surface area (TPSA) is 36.9 Å². The minimum atomic E-state index is -0.246. The second-order valence-electron chi connectivity index (χ2n) is 8.01. The fourth-order valence-electron chi connectivity index (χ4n) is 3.22. The molecule has 4 nitrogen and oxygen atoms in total. The van der Waals surface area contributed by atoms with Crippen molar-refractivity contribution in [3.05, 3.63) is 65.8 Å². The first kappa shape index (κ1) is 24.4. The monoisotopic (exact) mass is 414 g/mol. The smallest absolute Gasteiger partial charge is 0.177 e. The van der Waals surface area contributed by atoms with Crippen molar-refractivity contribution >= 4 is 0 Å². The average molecular weight is 415 g/mol. The molecule has 4 heteroatoms. The van der Waals surface area contributed by atoms with Gasteiger partial charge < -0.3 is 18.9 Å². The molecular formula is C26H38O4. The number of hydrogen-bond donors (Lipinski definition) is 0. The Morgan fingerprint density at radius 2 is 1.97 bits per heavy atom. The van der Waals surface area contributed by atoms with Gasteiger partial charge in [0.2, 0.25) is 0 Å². The lowest BCUT2D eigenvalue weighted by Crippen LogP contribution is -2.27. The Labute approximate surface area is 182 Å². The van der Waals surface area contributed by atoms with Gasteiger partial charge in [0.25, 0.3) is 0 Å². The second-order valence-corrected chi connectivity index (χ2v) is 8.01. The Hall–Kier alpha value is -1.88. The number of methoxy groups -OCH3 is 1. The highest BCUT2D eigenvalue weighted by molar-refractivity contribution is 5.26. The van der Waals surface area contributed by atoms with Crippen molar-refractivity contribution in [3.8, 4) is 5.75 Å². The first-order chi connectivity index (χ1) is 14.5. The molecule has 0 saturated heterocycles. The predicted molar refractivity (Wildman–Crippen MR) is 123 cm³/mol. The van der Waals surface area contributed by atoms with E-state index < -0.39 is 0 Å². The quantitative estimate of drug-likeness (QED) is 0.231. The van der Waals surface area contributed by atoms with Gasteiger partial charge in [-0.05, 0) is 62.8 Å². The molecule has 0 spiro atoms. The summed E-state index contributed by atoms with van der Waals surface area (Å²) in [7, 11) is 1.68. The highest BCUT2D eigenvalue weighted by atomic mass is 16.7. The number of hydrogen-bond acceptors (Lipinski definition) is 4. The van der Waals surface area contributed by atoms with Gasteiger partial charge in [-0.25, -0.2) is 0 Å². The molecule has 1 aromatic carbocycles. The van der Waals surface area contributed by atoms with E-state index in [1.807, 2.05) is 44.2 Å². The summed E-state index contributed by atoms with van der Waals surface area (Å²) in [6, 6.07) is 8.02. The maximum atomic E-state index is 5.98. The molecule has 166 valence electrons. The van der Waals surface area contributed by atoms with E-state index in [1.54, 1.807) is 7.11 Å². The van der Waals surface area contributed by atoms with Gasteiger partial charge in [-0.1, -0.05) is 55.9 Å². The van der Waals surface area contributed by atoms with Crippen LogP contribution in [0.4, 0.5) is 0 Å². The third-order valence-corrected chi connectivity index (χ3v) is 4.95. The van der Waals surface area contributed by atoms with Crippen LogP contribution in [-0.4, -0.2) is 32.2 Å². The van der Waals surface area contributed by atoms with Gasteiger partial charge in [-0.2, -0.15) is 0 Å². The lowest BCUT2D eigenvalue weighted by Gasteiger charge is -2.25. The van der Waals surface area contributed by atoms with Crippen LogP contribution in [0.5, 0.6) is 5.75 Å². The van der Waals surface area contributed by atoms with Crippen LogP contribution in [0.2, 0.25) is 0 Å². The molecule has 30 heavy (non-hydrogen) atoms. The molecule has 3 atom stereocenters. The zero-order valence-electron chi connectivity index (χ0n) is 19.2. The van der Waals surface area contributed by atoms with Gasteiger partial charge in [0.05, 0.1) is 25.9 Å². The van der Waals surface area contributed by atoms with E-state index in [4.69, 9.17) is 18.9 Å². The zero-order chi connectivity index (χ0) is 21.8. The van der Waals surface area contributed by atoms with E-state index in [0.717, 1.165) is 37.2 Å². The summed E-state index contributed by atoms with van der Waals surface area (Å²) in [4.78, 5) is 0. The minimum Gasteiger partial charge on any atom is -0.497 e. The van der Waals surface area contributed by atoms with E-state index in [9.17, 15) is 0 Å². The summed E-state index contributed by atoms with van der Waals surface area (Å²) in [6.07, 6.45) is 13.7. The number of ether oxygens (including phenoxy) is 4. The molecule has 1 aliphatic rings. The van der Waals surface area contributed by atoms with E-state index in [2.05, 4.69) is 38.2 Å². The van der Waals surface area contributed by atoms with E-state index in [-0.39, 0.29) is 18.5 Å². The molecule has 0 N–H and O–H groups in total. The van der Waals surface area contributed by atoms with Gasteiger partial charge in [-0.15, -0.1) is 0 Å². The third kappa shape index (κ3) is 9.29. The van der Waals surface area contributed by atoms with Crippen molar-refractivity contribution in [2.75, 3.05) is 13.7 Å². The van der Waals surface area contributed by atoms with Gasteiger partial charge in [0, 0.05) is 6.61 Å². The molecule has 0 bridgehead atoms. The SMILES string of the molecule is CCC(=C/[C@@H](C)CCOCc1ccc(OC)cc1)/C=C/[C@H]1CC=CC(OC(C)C)O1. The fraction of sp³-hybridized carbons (Fsp3) is 0.538. The number of allylic oxidation sites excluding steroid dienone is 3. The van der Waals surface area contributed by atoms with E-state index >= 15 is 0 Å². The van der Waals surface area contributed by atoms with Crippen LogP contribution < -0.4 is 4.74 Å². The molecule has 0 aromatic heterocycles. The van der Waals surface area contributed by atoms with Crippen LogP contribution in [0.15, 0.2) is 60.2 Å². The van der Waals surface area contributed by atoms with Crippen molar-refractivity contribution in [3.63, 3.8) is 0 Å². The summed E-state index contributed by atoms with van der Waals surface area (Å²) in [5, 5.41) is 0. The Balaban J connectivity index is 1.74. The molecule has 0 fully saturated rings. The van der Waals surface area contributed by atoms with Crippen molar-refractivity contribution in [2.24, 2.45) is 5.92 Å². The number of benzene rings is 1. The molecule has 0 aliphatic carbocycles. The molecule has 0 amide bonds. The van der Waals surface area contributed by atoms with Gasteiger partial charge in [-0.3, -0.25) is 0 Å². The average Bonchev–Trinajstić information content (AvgIpc) is 2.74.